The van der Waals surface area contributed by atoms with Crippen LogP contribution in [0.25, 0.3) is 11.0 Å². The maximum Gasteiger partial charge on any atom is 0.134 e. The lowest BCUT2D eigenvalue weighted by Gasteiger charge is -2.31. The highest BCUT2D eigenvalue weighted by Crippen LogP contribution is 2.28. The van der Waals surface area contributed by atoms with E-state index in [1.807, 2.05) is 6.07 Å². The molecule has 0 saturated heterocycles. The summed E-state index contributed by atoms with van der Waals surface area (Å²) >= 11 is 0. The van der Waals surface area contributed by atoms with Crippen molar-refractivity contribution in [2.75, 3.05) is 0 Å². The maximum absolute atomic E-state index is 5.35. The molecular formula is C24H31NO. The van der Waals surface area contributed by atoms with E-state index < -0.39 is 0 Å². The minimum Gasteiger partial charge on any atom is -0.464 e. The lowest BCUT2D eigenvalue weighted by atomic mass is 9.87. The highest BCUT2D eigenvalue weighted by Gasteiger charge is 2.27. The Labute approximate surface area is 157 Å². The summed E-state index contributed by atoms with van der Waals surface area (Å²) in [4.78, 5) is 2.51. The van der Waals surface area contributed by atoms with Gasteiger partial charge in [-0.05, 0) is 55.0 Å². The zero-order valence-corrected chi connectivity index (χ0v) is 17.0. The van der Waals surface area contributed by atoms with Gasteiger partial charge in [-0.25, -0.2) is 0 Å². The van der Waals surface area contributed by atoms with Gasteiger partial charge in [0.05, 0.1) is 6.26 Å². The third kappa shape index (κ3) is 4.19. The standard InChI is InChI=1S/C12H17N.C12H14O/c1-12(2,3)13-8-10-6-4-5-7-11(10)9-13;1-12(2,3)10-5-4-9-6-7-13-11(9)8-10/h4-7H,8-9H2,1-3H3;4-8H,1-3H3. The lowest BCUT2D eigenvalue weighted by molar-refractivity contribution is 0.136. The summed E-state index contributed by atoms with van der Waals surface area (Å²) in [5, 5.41) is 1.17. The molecule has 3 aromatic rings. The van der Waals surface area contributed by atoms with Gasteiger partial charge in [0, 0.05) is 24.0 Å². The Morgan fingerprint density at radius 1 is 0.808 bits per heavy atom. The number of hydrogen-bond acceptors (Lipinski definition) is 2. The Hall–Kier alpha value is -2.06. The first-order valence-corrected chi connectivity index (χ1v) is 9.44. The topological polar surface area (TPSA) is 16.4 Å². The molecule has 0 atom stereocenters. The monoisotopic (exact) mass is 349 g/mol. The molecule has 0 fully saturated rings. The molecule has 0 unspecified atom stereocenters. The van der Waals surface area contributed by atoms with E-state index in [0.29, 0.717) is 5.54 Å². The van der Waals surface area contributed by atoms with Gasteiger partial charge in [-0.3, -0.25) is 4.90 Å². The fourth-order valence-electron chi connectivity index (χ4n) is 3.23. The van der Waals surface area contributed by atoms with Crippen molar-refractivity contribution in [3.63, 3.8) is 0 Å². The number of benzene rings is 2. The van der Waals surface area contributed by atoms with Gasteiger partial charge in [-0.2, -0.15) is 0 Å². The molecule has 2 heteroatoms. The van der Waals surface area contributed by atoms with E-state index in [-0.39, 0.29) is 5.41 Å². The van der Waals surface area contributed by atoms with Gasteiger partial charge in [0.2, 0.25) is 0 Å². The summed E-state index contributed by atoms with van der Waals surface area (Å²) in [7, 11) is 0. The molecular weight excluding hydrogens is 318 g/mol. The Balaban J connectivity index is 0.000000151. The molecule has 4 rings (SSSR count). The summed E-state index contributed by atoms with van der Waals surface area (Å²) in [5.74, 6) is 0. The van der Waals surface area contributed by atoms with Crippen LogP contribution < -0.4 is 0 Å². The molecule has 0 spiro atoms. The molecule has 1 aliphatic rings. The fraction of sp³-hybridized carbons (Fsp3) is 0.417. The molecule has 2 aromatic carbocycles. The lowest BCUT2D eigenvalue weighted by Crippen LogP contribution is -2.36. The molecule has 2 heterocycles. The van der Waals surface area contributed by atoms with Crippen LogP contribution in [0.4, 0.5) is 0 Å². The van der Waals surface area contributed by atoms with Gasteiger partial charge >= 0.3 is 0 Å². The van der Waals surface area contributed by atoms with Gasteiger partial charge in [-0.1, -0.05) is 57.2 Å². The van der Waals surface area contributed by atoms with Crippen LogP contribution in [0.2, 0.25) is 0 Å². The number of nitrogens with zero attached hydrogens (tertiary/aromatic N) is 1. The van der Waals surface area contributed by atoms with Crippen LogP contribution in [0.1, 0.15) is 58.2 Å². The second kappa shape index (κ2) is 6.92. The van der Waals surface area contributed by atoms with Crippen LogP contribution in [0.3, 0.4) is 0 Å². The van der Waals surface area contributed by atoms with Gasteiger partial charge in [0.15, 0.2) is 0 Å². The van der Waals surface area contributed by atoms with Gasteiger partial charge in [0.25, 0.3) is 0 Å². The predicted octanol–water partition coefficient (Wildman–Crippen LogP) is 6.53. The normalized spacial score (nSPS) is 14.8. The summed E-state index contributed by atoms with van der Waals surface area (Å²) in [5.41, 5.74) is 5.78. The second-order valence-corrected chi connectivity index (χ2v) is 9.22. The molecule has 1 aliphatic heterocycles. The summed E-state index contributed by atoms with van der Waals surface area (Å²) in [6.45, 7) is 15.7. The Morgan fingerprint density at radius 3 is 1.96 bits per heavy atom. The minimum absolute atomic E-state index is 0.195. The number of fused-ring (bicyclic) bond motifs is 2. The first-order chi connectivity index (χ1) is 12.1. The van der Waals surface area contributed by atoms with Gasteiger partial charge < -0.3 is 4.42 Å². The van der Waals surface area contributed by atoms with E-state index in [4.69, 9.17) is 4.42 Å². The van der Waals surface area contributed by atoms with Crippen LogP contribution >= 0.6 is 0 Å². The van der Waals surface area contributed by atoms with Gasteiger partial charge in [0.1, 0.15) is 5.58 Å². The van der Waals surface area contributed by atoms with Crippen molar-refractivity contribution in [1.29, 1.82) is 0 Å². The first-order valence-electron chi connectivity index (χ1n) is 9.44. The molecule has 0 amide bonds. The molecule has 0 aliphatic carbocycles. The molecule has 0 saturated carbocycles. The van der Waals surface area contributed by atoms with E-state index in [2.05, 4.69) is 88.9 Å². The quantitative estimate of drug-likeness (QED) is 0.458. The fourth-order valence-corrected chi connectivity index (χ4v) is 3.23. The van der Waals surface area contributed by atoms with Crippen LogP contribution in [0, 0.1) is 0 Å². The second-order valence-electron chi connectivity index (χ2n) is 9.22. The maximum atomic E-state index is 5.35. The minimum atomic E-state index is 0.195. The summed E-state index contributed by atoms with van der Waals surface area (Å²) in [6.07, 6.45) is 1.73. The molecule has 0 radical (unpaired) electrons. The number of furan rings is 1. The smallest absolute Gasteiger partial charge is 0.134 e. The van der Waals surface area contributed by atoms with E-state index in [0.717, 1.165) is 18.7 Å². The van der Waals surface area contributed by atoms with E-state index >= 15 is 0 Å². The SMILES string of the molecule is CC(C)(C)N1Cc2ccccc2C1.CC(C)(C)c1ccc2ccoc2c1. The van der Waals surface area contributed by atoms with Crippen molar-refractivity contribution in [3.05, 3.63) is 71.5 Å². The number of rotatable bonds is 0. The average molecular weight is 350 g/mol. The van der Waals surface area contributed by atoms with Crippen LogP contribution in [-0.2, 0) is 18.5 Å². The van der Waals surface area contributed by atoms with Gasteiger partial charge in [-0.15, -0.1) is 0 Å². The Kier molecular flexibility index (Phi) is 4.98. The van der Waals surface area contributed by atoms with Crippen LogP contribution in [0.5, 0.6) is 0 Å². The van der Waals surface area contributed by atoms with Crippen LogP contribution in [0.15, 0.2) is 59.2 Å². The molecule has 2 nitrogen and oxygen atoms in total. The molecule has 138 valence electrons. The predicted molar refractivity (Wildman–Crippen MR) is 110 cm³/mol. The van der Waals surface area contributed by atoms with Crippen molar-refractivity contribution in [3.8, 4) is 0 Å². The largest absolute Gasteiger partial charge is 0.464 e. The third-order valence-corrected chi connectivity index (χ3v) is 5.11. The van der Waals surface area contributed by atoms with Crippen LogP contribution in [-0.4, -0.2) is 10.4 Å². The highest BCUT2D eigenvalue weighted by molar-refractivity contribution is 5.77. The van der Waals surface area contributed by atoms with Crippen molar-refractivity contribution >= 4 is 11.0 Å². The first kappa shape index (κ1) is 18.7. The molecule has 0 bridgehead atoms. The Bertz CT molecular complexity index is 852. The number of hydrogen-bond donors (Lipinski definition) is 0. The van der Waals surface area contributed by atoms with Crippen molar-refractivity contribution < 1.29 is 4.42 Å². The average Bonchev–Trinajstić information content (AvgIpc) is 3.20. The highest BCUT2D eigenvalue weighted by atomic mass is 16.3. The molecule has 1 aromatic heterocycles. The molecule has 0 N–H and O–H groups in total. The summed E-state index contributed by atoms with van der Waals surface area (Å²) < 4.78 is 5.35. The zero-order valence-electron chi connectivity index (χ0n) is 17.0. The third-order valence-electron chi connectivity index (χ3n) is 5.11. The van der Waals surface area contributed by atoms with Crippen molar-refractivity contribution in [2.24, 2.45) is 0 Å². The van der Waals surface area contributed by atoms with E-state index in [9.17, 15) is 0 Å². The summed E-state index contributed by atoms with van der Waals surface area (Å²) in [6, 6.07) is 17.1. The zero-order chi connectivity index (χ0) is 18.9. The Morgan fingerprint density at radius 2 is 1.42 bits per heavy atom. The van der Waals surface area contributed by atoms with Crippen molar-refractivity contribution in [2.45, 2.75) is 65.6 Å². The van der Waals surface area contributed by atoms with E-state index in [1.165, 1.54) is 22.1 Å². The van der Waals surface area contributed by atoms with E-state index in [1.54, 1.807) is 6.26 Å². The van der Waals surface area contributed by atoms with Crippen molar-refractivity contribution in [1.82, 2.24) is 4.90 Å². The molecule has 26 heavy (non-hydrogen) atoms.